The number of carbonyl (C=O) groups excluding carboxylic acids is 1. The van der Waals surface area contributed by atoms with Crippen molar-refractivity contribution in [2.75, 3.05) is 5.32 Å². The Kier molecular flexibility index (Phi) is 8.24. The zero-order valence-corrected chi connectivity index (χ0v) is 21.3. The number of amides is 2. The molecule has 0 radical (unpaired) electrons. The maximum absolute atomic E-state index is 12.5. The molecular weight excluding hydrogens is 536 g/mol. The lowest BCUT2D eigenvalue weighted by atomic mass is 10.2. The van der Waals surface area contributed by atoms with Gasteiger partial charge < -0.3 is 10.6 Å². The van der Waals surface area contributed by atoms with Crippen LogP contribution in [-0.4, -0.2) is 20.8 Å². The van der Waals surface area contributed by atoms with Crippen LogP contribution in [0.3, 0.4) is 0 Å². The van der Waals surface area contributed by atoms with E-state index in [0.717, 1.165) is 5.56 Å². The predicted molar refractivity (Wildman–Crippen MR) is 140 cm³/mol. The van der Waals surface area contributed by atoms with Gasteiger partial charge in [-0.2, -0.15) is 0 Å². The van der Waals surface area contributed by atoms with Crippen molar-refractivity contribution in [3.05, 3.63) is 98.2 Å². The fourth-order valence-electron chi connectivity index (χ4n) is 3.04. The summed E-state index contributed by atoms with van der Waals surface area (Å²) in [6.07, 6.45) is 0. The number of hydrogen-bond donors (Lipinski definition) is 2. The number of rotatable bonds is 7. The van der Waals surface area contributed by atoms with Crippen LogP contribution in [0.1, 0.15) is 11.4 Å². The van der Waals surface area contributed by atoms with E-state index in [0.29, 0.717) is 48.2 Å². The topological polar surface area (TPSA) is 71.8 Å². The molecule has 0 spiro atoms. The van der Waals surface area contributed by atoms with Gasteiger partial charge in [0.05, 0.1) is 27.3 Å². The molecule has 3 aromatic carbocycles. The minimum atomic E-state index is -0.441. The van der Waals surface area contributed by atoms with Crippen LogP contribution in [0.15, 0.2) is 71.9 Å². The quantitative estimate of drug-likeness (QED) is 0.233. The minimum Gasteiger partial charge on any atom is -0.331 e. The van der Waals surface area contributed by atoms with Crippen LogP contribution in [0, 0.1) is 0 Å². The largest absolute Gasteiger partial charge is 0.331 e. The Morgan fingerprint density at radius 2 is 1.65 bits per heavy atom. The van der Waals surface area contributed by atoms with Crippen molar-refractivity contribution in [3.63, 3.8) is 0 Å². The third-order valence-corrected chi connectivity index (χ3v) is 6.94. The number of hydrogen-bond acceptors (Lipinski definition) is 4. The fraction of sp³-hybridized carbons (Fsp3) is 0.0870. The van der Waals surface area contributed by atoms with Crippen molar-refractivity contribution < 1.29 is 4.79 Å². The Labute approximate surface area is 220 Å². The molecule has 0 bridgehead atoms. The van der Waals surface area contributed by atoms with Gasteiger partial charge in [0, 0.05) is 16.5 Å². The molecule has 0 saturated carbocycles. The van der Waals surface area contributed by atoms with E-state index in [-0.39, 0.29) is 6.54 Å². The number of nitrogens with zero attached hydrogens (tertiary/aromatic N) is 3. The Morgan fingerprint density at radius 3 is 2.41 bits per heavy atom. The SMILES string of the molecule is O=C(NCc1nnc(SCc2ccccc2)n1-c1cc(Cl)ccc1Cl)Nc1ccc(Cl)c(Cl)c1. The van der Waals surface area contributed by atoms with Crippen molar-refractivity contribution in [2.45, 2.75) is 17.5 Å². The molecular formula is C23H17Cl4N5OS. The molecule has 0 saturated heterocycles. The van der Waals surface area contributed by atoms with E-state index in [1.807, 2.05) is 30.3 Å². The first-order chi connectivity index (χ1) is 16.4. The third-order valence-electron chi connectivity index (χ3n) is 4.64. The predicted octanol–water partition coefficient (Wildman–Crippen LogP) is 7.49. The number of carbonyl (C=O) groups is 1. The summed E-state index contributed by atoms with van der Waals surface area (Å²) in [5.41, 5.74) is 2.27. The number of urea groups is 1. The summed E-state index contributed by atoms with van der Waals surface area (Å²) in [5.74, 6) is 1.17. The summed E-state index contributed by atoms with van der Waals surface area (Å²) in [5, 5.41) is 16.5. The van der Waals surface area contributed by atoms with E-state index >= 15 is 0 Å². The van der Waals surface area contributed by atoms with Crippen molar-refractivity contribution in [1.82, 2.24) is 20.1 Å². The molecule has 34 heavy (non-hydrogen) atoms. The van der Waals surface area contributed by atoms with Crippen LogP contribution in [-0.2, 0) is 12.3 Å². The Balaban J connectivity index is 1.55. The first kappa shape index (κ1) is 24.7. The molecule has 6 nitrogen and oxygen atoms in total. The molecule has 0 fully saturated rings. The Bertz CT molecular complexity index is 1320. The molecule has 0 aliphatic heterocycles. The number of aromatic nitrogens is 3. The van der Waals surface area contributed by atoms with E-state index in [1.54, 1.807) is 41.0 Å². The van der Waals surface area contributed by atoms with E-state index in [2.05, 4.69) is 20.8 Å². The van der Waals surface area contributed by atoms with Gasteiger partial charge in [0.2, 0.25) is 0 Å². The van der Waals surface area contributed by atoms with Gasteiger partial charge in [-0.05, 0) is 42.0 Å². The first-order valence-corrected chi connectivity index (χ1v) is 12.5. The lowest BCUT2D eigenvalue weighted by Gasteiger charge is -2.13. The highest BCUT2D eigenvalue weighted by Gasteiger charge is 2.18. The second kappa shape index (κ2) is 11.3. The molecule has 2 N–H and O–H groups in total. The standard InChI is InChI=1S/C23H17Cl4N5OS/c24-15-6-8-18(26)20(10-15)32-21(30-31-23(32)34-13-14-4-2-1-3-5-14)12-28-22(33)29-16-7-9-17(25)19(27)11-16/h1-11H,12-13H2,(H2,28,29,33). The molecule has 4 rings (SSSR count). The molecule has 0 aliphatic rings. The number of nitrogens with one attached hydrogen (secondary N) is 2. The average Bonchev–Trinajstić information content (AvgIpc) is 3.23. The van der Waals surface area contributed by atoms with Crippen LogP contribution in [0.25, 0.3) is 5.69 Å². The molecule has 174 valence electrons. The van der Waals surface area contributed by atoms with Gasteiger partial charge in [-0.3, -0.25) is 4.57 Å². The molecule has 1 aromatic heterocycles. The molecule has 0 atom stereocenters. The Morgan fingerprint density at radius 1 is 0.882 bits per heavy atom. The highest BCUT2D eigenvalue weighted by atomic mass is 35.5. The average molecular weight is 553 g/mol. The summed E-state index contributed by atoms with van der Waals surface area (Å²) in [6.45, 7) is 0.0922. The van der Waals surface area contributed by atoms with E-state index < -0.39 is 6.03 Å². The van der Waals surface area contributed by atoms with Gasteiger partial charge in [-0.15, -0.1) is 10.2 Å². The Hall–Kier alpha value is -2.42. The van der Waals surface area contributed by atoms with Gasteiger partial charge in [0.25, 0.3) is 0 Å². The van der Waals surface area contributed by atoms with Gasteiger partial charge in [0.15, 0.2) is 11.0 Å². The summed E-state index contributed by atoms with van der Waals surface area (Å²) in [4.78, 5) is 12.5. The number of benzene rings is 3. The van der Waals surface area contributed by atoms with Gasteiger partial charge in [-0.25, -0.2) is 4.79 Å². The van der Waals surface area contributed by atoms with Crippen molar-refractivity contribution >= 4 is 69.9 Å². The fourth-order valence-corrected chi connectivity index (χ4v) is 4.62. The number of thioether (sulfide) groups is 1. The zero-order chi connectivity index (χ0) is 24.1. The van der Waals surface area contributed by atoms with Crippen LogP contribution < -0.4 is 10.6 Å². The van der Waals surface area contributed by atoms with Crippen molar-refractivity contribution in [2.24, 2.45) is 0 Å². The van der Waals surface area contributed by atoms with E-state index in [4.69, 9.17) is 46.4 Å². The van der Waals surface area contributed by atoms with E-state index in [1.165, 1.54) is 11.8 Å². The van der Waals surface area contributed by atoms with Crippen molar-refractivity contribution in [3.8, 4) is 5.69 Å². The molecule has 11 heteroatoms. The van der Waals surface area contributed by atoms with Gasteiger partial charge >= 0.3 is 6.03 Å². The molecule has 0 unspecified atom stereocenters. The smallest absolute Gasteiger partial charge is 0.319 e. The summed E-state index contributed by atoms with van der Waals surface area (Å²) >= 11 is 26.2. The number of halogens is 4. The molecule has 4 aromatic rings. The second-order valence-corrected chi connectivity index (χ2v) is 9.64. The summed E-state index contributed by atoms with van der Waals surface area (Å²) in [7, 11) is 0. The maximum Gasteiger partial charge on any atom is 0.319 e. The maximum atomic E-state index is 12.5. The second-order valence-electron chi connectivity index (χ2n) is 7.04. The van der Waals surface area contributed by atoms with Crippen molar-refractivity contribution in [1.29, 1.82) is 0 Å². The van der Waals surface area contributed by atoms with Crippen LogP contribution in [0.2, 0.25) is 20.1 Å². The highest BCUT2D eigenvalue weighted by Crippen LogP contribution is 2.31. The first-order valence-electron chi connectivity index (χ1n) is 9.97. The normalized spacial score (nSPS) is 10.8. The highest BCUT2D eigenvalue weighted by molar-refractivity contribution is 7.98. The summed E-state index contributed by atoms with van der Waals surface area (Å²) < 4.78 is 1.79. The van der Waals surface area contributed by atoms with Crippen LogP contribution in [0.4, 0.5) is 10.5 Å². The molecule has 0 aliphatic carbocycles. The monoisotopic (exact) mass is 551 g/mol. The minimum absolute atomic E-state index is 0.0922. The number of anilines is 1. The van der Waals surface area contributed by atoms with Crippen LogP contribution >= 0.6 is 58.2 Å². The third kappa shape index (κ3) is 6.17. The molecule has 1 heterocycles. The van der Waals surface area contributed by atoms with Gasteiger partial charge in [0.1, 0.15) is 0 Å². The van der Waals surface area contributed by atoms with Gasteiger partial charge in [-0.1, -0.05) is 88.5 Å². The zero-order valence-electron chi connectivity index (χ0n) is 17.4. The van der Waals surface area contributed by atoms with E-state index in [9.17, 15) is 4.79 Å². The van der Waals surface area contributed by atoms with Crippen LogP contribution in [0.5, 0.6) is 0 Å². The lowest BCUT2D eigenvalue weighted by Crippen LogP contribution is -2.29. The molecule has 2 amide bonds. The lowest BCUT2D eigenvalue weighted by molar-refractivity contribution is 0.251. The summed E-state index contributed by atoms with van der Waals surface area (Å²) in [6, 6.07) is 19.5.